The summed E-state index contributed by atoms with van der Waals surface area (Å²) in [5, 5.41) is 0. The molecule has 132 valence electrons. The van der Waals surface area contributed by atoms with Crippen molar-refractivity contribution in [2.75, 3.05) is 0 Å². The van der Waals surface area contributed by atoms with E-state index >= 15 is 0 Å². The number of thiophene rings is 1. The number of amides is 2. The first kappa shape index (κ1) is 17.6. The number of benzene rings is 1. The van der Waals surface area contributed by atoms with Gasteiger partial charge in [0.25, 0.3) is 15.9 Å². The lowest BCUT2D eigenvalue weighted by atomic mass is 10.2. The SMILES string of the molecule is Cc1ccc([C@H]2C[C@H]2C(=O)NS(=O)(=O)c2ccc(F)c(C(N)=O)c2)s1. The second-order valence-corrected chi connectivity index (χ2v) is 8.87. The zero-order chi connectivity index (χ0) is 18.4. The molecular formula is C16H15FN2O4S2. The number of nitrogens with one attached hydrogen (secondary N) is 1. The van der Waals surface area contributed by atoms with Crippen LogP contribution in [0.2, 0.25) is 0 Å². The molecule has 1 heterocycles. The minimum absolute atomic E-state index is 0.0169. The number of hydrogen-bond acceptors (Lipinski definition) is 5. The molecule has 3 N–H and O–H groups in total. The molecule has 0 bridgehead atoms. The van der Waals surface area contributed by atoms with Gasteiger partial charge in [0.05, 0.1) is 10.5 Å². The first-order valence-corrected chi connectivity index (χ1v) is 9.71. The fraction of sp³-hybridized carbons (Fsp3) is 0.250. The Morgan fingerprint density at radius 3 is 2.60 bits per heavy atom. The van der Waals surface area contributed by atoms with E-state index in [4.69, 9.17) is 5.73 Å². The summed E-state index contributed by atoms with van der Waals surface area (Å²) in [4.78, 5) is 25.1. The van der Waals surface area contributed by atoms with E-state index in [1.165, 1.54) is 0 Å². The van der Waals surface area contributed by atoms with Crippen LogP contribution in [0.3, 0.4) is 0 Å². The number of aryl methyl sites for hydroxylation is 1. The van der Waals surface area contributed by atoms with E-state index in [9.17, 15) is 22.4 Å². The van der Waals surface area contributed by atoms with Crippen LogP contribution in [-0.4, -0.2) is 20.2 Å². The maximum Gasteiger partial charge on any atom is 0.264 e. The summed E-state index contributed by atoms with van der Waals surface area (Å²) in [6.07, 6.45) is 0.581. The van der Waals surface area contributed by atoms with Crippen LogP contribution in [0, 0.1) is 18.7 Å². The Bertz CT molecular complexity index is 968. The molecule has 2 amide bonds. The van der Waals surface area contributed by atoms with Crippen LogP contribution in [0.15, 0.2) is 35.2 Å². The highest BCUT2D eigenvalue weighted by Crippen LogP contribution is 2.49. The van der Waals surface area contributed by atoms with Gasteiger partial charge in [-0.25, -0.2) is 17.5 Å². The largest absolute Gasteiger partial charge is 0.366 e. The van der Waals surface area contributed by atoms with Crippen molar-refractivity contribution in [3.8, 4) is 0 Å². The van der Waals surface area contributed by atoms with Crippen molar-refractivity contribution in [2.45, 2.75) is 24.2 Å². The summed E-state index contributed by atoms with van der Waals surface area (Å²) in [5.41, 5.74) is 4.46. The molecule has 2 aromatic rings. The minimum Gasteiger partial charge on any atom is -0.366 e. The molecule has 1 aromatic heterocycles. The maximum absolute atomic E-state index is 13.5. The third kappa shape index (κ3) is 3.57. The van der Waals surface area contributed by atoms with E-state index in [-0.39, 0.29) is 10.8 Å². The van der Waals surface area contributed by atoms with Crippen LogP contribution in [0.5, 0.6) is 0 Å². The highest BCUT2D eigenvalue weighted by molar-refractivity contribution is 7.90. The van der Waals surface area contributed by atoms with Gasteiger partial charge in [-0.3, -0.25) is 9.59 Å². The molecule has 1 aromatic carbocycles. The predicted octanol–water partition coefficient (Wildman–Crippen LogP) is 1.90. The molecule has 0 unspecified atom stereocenters. The Hall–Kier alpha value is -2.26. The number of hydrogen-bond donors (Lipinski definition) is 2. The number of carbonyl (C=O) groups excluding carboxylic acids is 2. The molecule has 25 heavy (non-hydrogen) atoms. The second-order valence-electron chi connectivity index (χ2n) is 5.87. The molecule has 1 aliphatic rings. The normalized spacial score (nSPS) is 19.4. The fourth-order valence-electron chi connectivity index (χ4n) is 2.58. The summed E-state index contributed by atoms with van der Waals surface area (Å²) in [6.45, 7) is 1.96. The third-order valence-electron chi connectivity index (χ3n) is 4.00. The fourth-order valence-corrected chi connectivity index (χ4v) is 4.69. The topological polar surface area (TPSA) is 106 Å². The molecule has 2 atom stereocenters. The molecule has 0 radical (unpaired) electrons. The standard InChI is InChI=1S/C16H15FN2O4S2/c1-8-2-5-14(24-8)10-7-11(10)16(21)19-25(22,23)9-3-4-13(17)12(6-9)15(18)20/h2-6,10-11H,7H2,1H3,(H2,18,20)(H,19,21)/t10-,11+/m0/s1. The van der Waals surface area contributed by atoms with Crippen molar-refractivity contribution < 1.29 is 22.4 Å². The van der Waals surface area contributed by atoms with Crippen molar-refractivity contribution in [1.82, 2.24) is 4.72 Å². The van der Waals surface area contributed by atoms with Gasteiger partial charge in [-0.15, -0.1) is 11.3 Å². The summed E-state index contributed by atoms with van der Waals surface area (Å²) in [7, 11) is -4.21. The van der Waals surface area contributed by atoms with E-state index in [0.29, 0.717) is 6.42 Å². The molecule has 3 rings (SSSR count). The zero-order valence-corrected chi connectivity index (χ0v) is 14.8. The molecule has 1 aliphatic carbocycles. The number of halogens is 1. The number of sulfonamides is 1. The Morgan fingerprint density at radius 1 is 1.28 bits per heavy atom. The third-order valence-corrected chi connectivity index (χ3v) is 6.48. The Morgan fingerprint density at radius 2 is 2.00 bits per heavy atom. The summed E-state index contributed by atoms with van der Waals surface area (Å²) in [5.74, 6) is -3.02. The molecular weight excluding hydrogens is 367 g/mol. The average Bonchev–Trinajstić information content (AvgIpc) is 3.22. The highest BCUT2D eigenvalue weighted by atomic mass is 32.2. The molecule has 6 nitrogen and oxygen atoms in total. The van der Waals surface area contributed by atoms with Crippen LogP contribution in [0.4, 0.5) is 4.39 Å². The van der Waals surface area contributed by atoms with Crippen LogP contribution >= 0.6 is 11.3 Å². The molecule has 0 aliphatic heterocycles. The number of rotatable bonds is 5. The van der Waals surface area contributed by atoms with Gasteiger partial charge in [0.2, 0.25) is 5.91 Å². The van der Waals surface area contributed by atoms with Gasteiger partial charge < -0.3 is 5.73 Å². The van der Waals surface area contributed by atoms with Crippen LogP contribution < -0.4 is 10.5 Å². The first-order chi connectivity index (χ1) is 11.7. The zero-order valence-electron chi connectivity index (χ0n) is 13.2. The minimum atomic E-state index is -4.21. The van der Waals surface area contributed by atoms with Gasteiger partial charge >= 0.3 is 0 Å². The van der Waals surface area contributed by atoms with Crippen LogP contribution in [0.1, 0.15) is 32.5 Å². The quantitative estimate of drug-likeness (QED) is 0.824. The maximum atomic E-state index is 13.5. The van der Waals surface area contributed by atoms with Crippen molar-refractivity contribution in [1.29, 1.82) is 0 Å². The van der Waals surface area contributed by atoms with Gasteiger partial charge in [-0.1, -0.05) is 0 Å². The van der Waals surface area contributed by atoms with Gasteiger partial charge in [-0.05, 0) is 43.7 Å². The monoisotopic (exact) mass is 382 g/mol. The summed E-state index contributed by atoms with van der Waals surface area (Å²) < 4.78 is 40.1. The van der Waals surface area contributed by atoms with Crippen molar-refractivity contribution in [3.05, 3.63) is 51.5 Å². The summed E-state index contributed by atoms with van der Waals surface area (Å²) >= 11 is 1.58. The Kier molecular flexibility index (Phi) is 4.38. The first-order valence-electron chi connectivity index (χ1n) is 7.41. The van der Waals surface area contributed by atoms with Crippen LogP contribution in [-0.2, 0) is 14.8 Å². The Labute approximate surface area is 147 Å². The lowest BCUT2D eigenvalue weighted by Gasteiger charge is -2.08. The second kappa shape index (κ2) is 6.23. The highest BCUT2D eigenvalue weighted by Gasteiger charge is 2.45. The van der Waals surface area contributed by atoms with Crippen LogP contribution in [0.25, 0.3) is 0 Å². The van der Waals surface area contributed by atoms with E-state index in [1.54, 1.807) is 11.3 Å². The molecule has 9 heteroatoms. The number of carbonyl (C=O) groups is 2. The van der Waals surface area contributed by atoms with Crippen molar-refractivity contribution in [3.63, 3.8) is 0 Å². The molecule has 1 saturated carbocycles. The van der Waals surface area contributed by atoms with Gasteiger partial charge in [-0.2, -0.15) is 0 Å². The Balaban J connectivity index is 1.75. The number of primary amides is 1. The van der Waals surface area contributed by atoms with Gasteiger partial charge in [0.1, 0.15) is 5.82 Å². The van der Waals surface area contributed by atoms with E-state index < -0.39 is 39.1 Å². The molecule has 0 saturated heterocycles. The number of nitrogens with two attached hydrogens (primary N) is 1. The smallest absolute Gasteiger partial charge is 0.264 e. The summed E-state index contributed by atoms with van der Waals surface area (Å²) in [6, 6.07) is 6.51. The molecule has 1 fully saturated rings. The lowest BCUT2D eigenvalue weighted by molar-refractivity contribution is -0.120. The van der Waals surface area contributed by atoms with E-state index in [2.05, 4.69) is 0 Å². The van der Waals surface area contributed by atoms with E-state index in [1.807, 2.05) is 23.8 Å². The average molecular weight is 382 g/mol. The predicted molar refractivity (Wildman–Crippen MR) is 90.2 cm³/mol. The van der Waals surface area contributed by atoms with Crippen molar-refractivity contribution in [2.24, 2.45) is 11.7 Å². The van der Waals surface area contributed by atoms with E-state index in [0.717, 1.165) is 28.0 Å². The molecule has 0 spiro atoms. The van der Waals surface area contributed by atoms with Crippen molar-refractivity contribution >= 4 is 33.2 Å². The lowest BCUT2D eigenvalue weighted by Crippen LogP contribution is -2.32. The van der Waals surface area contributed by atoms with Gasteiger partial charge in [0.15, 0.2) is 0 Å². The van der Waals surface area contributed by atoms with Gasteiger partial charge in [0, 0.05) is 21.6 Å².